The minimum Gasteiger partial charge on any atom is -0.460 e. The number of rotatable bonds is 7. The third-order valence-electron chi connectivity index (χ3n) is 7.66. The molecule has 4 aliphatic carbocycles. The minimum atomic E-state index is -2.25. The topological polar surface area (TPSA) is 54.0 Å². The highest BCUT2D eigenvalue weighted by Crippen LogP contribution is 2.68. The van der Waals surface area contributed by atoms with Crippen molar-refractivity contribution in [1.82, 2.24) is 0 Å². The zero-order valence-electron chi connectivity index (χ0n) is 20.2. The van der Waals surface area contributed by atoms with Crippen molar-refractivity contribution < 1.29 is 22.8 Å². The summed E-state index contributed by atoms with van der Waals surface area (Å²) in [5, 5.41) is 0. The summed E-state index contributed by atoms with van der Waals surface area (Å²) in [7, 11) is -2.25. The molecule has 0 heterocycles. The average molecular weight is 441 g/mol. The Hall–Kier alpha value is -0.433. The number of carbonyl (C=O) groups is 1. The van der Waals surface area contributed by atoms with Crippen LogP contribution in [0.5, 0.6) is 0 Å². The number of hydrogen-bond donors (Lipinski definition) is 0. The fourth-order valence-electron chi connectivity index (χ4n) is 7.13. The molecule has 0 aliphatic heterocycles. The van der Waals surface area contributed by atoms with Crippen LogP contribution >= 0.6 is 0 Å². The van der Waals surface area contributed by atoms with Crippen LogP contribution in [0.4, 0.5) is 0 Å². The van der Waals surface area contributed by atoms with Crippen LogP contribution in [0.15, 0.2) is 0 Å². The molecule has 4 bridgehead atoms. The highest BCUT2D eigenvalue weighted by molar-refractivity contribution is 6.59. The van der Waals surface area contributed by atoms with Gasteiger partial charge in [-0.2, -0.15) is 0 Å². The summed E-state index contributed by atoms with van der Waals surface area (Å²) in [6, 6.07) is 0. The van der Waals surface area contributed by atoms with Crippen LogP contribution < -0.4 is 0 Å². The van der Waals surface area contributed by atoms with Crippen LogP contribution in [0, 0.1) is 41.4 Å². The van der Waals surface area contributed by atoms with Gasteiger partial charge in [-0.25, -0.2) is 0 Å². The zero-order chi connectivity index (χ0) is 22.1. The fourth-order valence-corrected chi connectivity index (χ4v) is 8.95. The molecule has 4 saturated carbocycles. The summed E-state index contributed by atoms with van der Waals surface area (Å²) in [5.41, 5.74) is -0.326. The molecule has 174 valence electrons. The SMILES string of the molecule is CC(C)(C)OC(=O)C1CC2CC1C1C3CCC(C3)C21.CCO[Si](C)(OCC)OCC. The summed E-state index contributed by atoms with van der Waals surface area (Å²) < 4.78 is 21.9. The van der Waals surface area contributed by atoms with E-state index in [9.17, 15) is 4.79 Å². The van der Waals surface area contributed by atoms with Crippen LogP contribution in [-0.4, -0.2) is 40.2 Å². The highest BCUT2D eigenvalue weighted by atomic mass is 28.4. The lowest BCUT2D eigenvalue weighted by atomic mass is 9.67. The van der Waals surface area contributed by atoms with Crippen LogP contribution in [-0.2, 0) is 22.8 Å². The first-order valence-corrected chi connectivity index (χ1v) is 14.5. The molecule has 7 unspecified atom stereocenters. The second-order valence-corrected chi connectivity index (χ2v) is 13.3. The van der Waals surface area contributed by atoms with Gasteiger partial charge in [-0.05, 0) is 109 Å². The smallest absolute Gasteiger partial charge is 0.460 e. The molecule has 0 spiro atoms. The number of esters is 1. The van der Waals surface area contributed by atoms with Crippen molar-refractivity contribution in [2.24, 2.45) is 41.4 Å². The van der Waals surface area contributed by atoms with Gasteiger partial charge in [0, 0.05) is 26.4 Å². The van der Waals surface area contributed by atoms with E-state index in [1.807, 2.05) is 48.1 Å². The quantitative estimate of drug-likeness (QED) is 0.305. The largest absolute Gasteiger partial charge is 0.497 e. The average Bonchev–Trinajstić information content (AvgIpc) is 3.40. The molecule has 0 N–H and O–H groups in total. The second kappa shape index (κ2) is 9.59. The van der Waals surface area contributed by atoms with Gasteiger partial charge < -0.3 is 18.0 Å². The van der Waals surface area contributed by atoms with Crippen LogP contribution in [0.2, 0.25) is 6.55 Å². The Kier molecular flexibility index (Phi) is 7.74. The summed E-state index contributed by atoms with van der Waals surface area (Å²) >= 11 is 0. The first-order chi connectivity index (χ1) is 14.1. The van der Waals surface area contributed by atoms with E-state index >= 15 is 0 Å². The molecule has 30 heavy (non-hydrogen) atoms. The Labute approximate surface area is 184 Å². The molecule has 7 atom stereocenters. The molecule has 6 heteroatoms. The number of ether oxygens (including phenoxy) is 1. The van der Waals surface area contributed by atoms with Gasteiger partial charge in [-0.15, -0.1) is 0 Å². The number of fused-ring (bicyclic) bond motifs is 9. The van der Waals surface area contributed by atoms with Gasteiger partial charge in [-0.1, -0.05) is 0 Å². The van der Waals surface area contributed by atoms with E-state index in [1.54, 1.807) is 0 Å². The maximum atomic E-state index is 12.4. The second-order valence-electron chi connectivity index (χ2n) is 10.7. The third kappa shape index (κ3) is 5.13. The predicted molar refractivity (Wildman–Crippen MR) is 120 cm³/mol. The first kappa shape index (κ1) is 24.2. The standard InChI is InChI=1S/C17H26O2.C7H18O3Si/c1-17(2,3)19-16(18)13-8-11-7-12(13)15-10-5-4-9(6-10)14(11)15;1-5-8-11(4,9-6-2)10-7-3/h9-15H,4-8H2,1-3H3;5-7H2,1-4H3. The van der Waals surface area contributed by atoms with E-state index < -0.39 is 8.80 Å². The minimum absolute atomic E-state index is 0.0984. The van der Waals surface area contributed by atoms with Gasteiger partial charge in [0.05, 0.1) is 5.92 Å². The van der Waals surface area contributed by atoms with Crippen LogP contribution in [0.3, 0.4) is 0 Å². The summed E-state index contributed by atoms with van der Waals surface area (Å²) in [4.78, 5) is 12.4. The highest BCUT2D eigenvalue weighted by Gasteiger charge is 2.63. The zero-order valence-corrected chi connectivity index (χ0v) is 21.2. The van der Waals surface area contributed by atoms with E-state index in [2.05, 4.69) is 0 Å². The Morgan fingerprint density at radius 2 is 1.37 bits per heavy atom. The van der Waals surface area contributed by atoms with E-state index in [1.165, 1.54) is 25.7 Å². The Morgan fingerprint density at radius 1 is 0.833 bits per heavy atom. The van der Waals surface area contributed by atoms with Gasteiger partial charge in [0.15, 0.2) is 0 Å². The molecule has 4 fully saturated rings. The molecule has 4 rings (SSSR count). The summed E-state index contributed by atoms with van der Waals surface area (Å²) in [6.07, 6.45) is 6.85. The lowest BCUT2D eigenvalue weighted by Gasteiger charge is -2.38. The lowest BCUT2D eigenvalue weighted by Crippen LogP contribution is -2.42. The van der Waals surface area contributed by atoms with Gasteiger partial charge in [-0.3, -0.25) is 4.79 Å². The van der Waals surface area contributed by atoms with Crippen molar-refractivity contribution >= 4 is 14.8 Å². The molecular weight excluding hydrogens is 396 g/mol. The van der Waals surface area contributed by atoms with Crippen molar-refractivity contribution in [2.75, 3.05) is 19.8 Å². The van der Waals surface area contributed by atoms with Crippen molar-refractivity contribution in [3.8, 4) is 0 Å². The number of carbonyl (C=O) groups excluding carboxylic acids is 1. The molecule has 0 aromatic heterocycles. The molecule has 0 amide bonds. The van der Waals surface area contributed by atoms with Gasteiger partial charge >= 0.3 is 14.8 Å². The molecule has 0 aromatic carbocycles. The monoisotopic (exact) mass is 440 g/mol. The van der Waals surface area contributed by atoms with Gasteiger partial charge in [0.2, 0.25) is 0 Å². The third-order valence-corrected chi connectivity index (χ3v) is 10.1. The fraction of sp³-hybridized carbons (Fsp3) is 0.958. The summed E-state index contributed by atoms with van der Waals surface area (Å²) in [6.45, 7) is 15.7. The first-order valence-electron chi connectivity index (χ1n) is 12.3. The Bertz CT molecular complexity index is 572. The molecular formula is C24H44O5Si. The van der Waals surface area contributed by atoms with Crippen molar-refractivity contribution in [2.45, 2.75) is 85.8 Å². The number of hydrogen-bond acceptors (Lipinski definition) is 5. The van der Waals surface area contributed by atoms with Crippen molar-refractivity contribution in [3.05, 3.63) is 0 Å². The van der Waals surface area contributed by atoms with E-state index in [0.29, 0.717) is 25.7 Å². The van der Waals surface area contributed by atoms with Crippen LogP contribution in [0.25, 0.3) is 0 Å². The molecule has 4 aliphatic rings. The Morgan fingerprint density at radius 3 is 1.87 bits per heavy atom. The maximum Gasteiger partial charge on any atom is 0.497 e. The maximum absolute atomic E-state index is 12.4. The summed E-state index contributed by atoms with van der Waals surface area (Å²) in [5.74, 6) is 5.69. The van der Waals surface area contributed by atoms with E-state index in [4.69, 9.17) is 18.0 Å². The van der Waals surface area contributed by atoms with Crippen molar-refractivity contribution in [1.29, 1.82) is 0 Å². The molecule has 0 radical (unpaired) electrons. The van der Waals surface area contributed by atoms with Gasteiger partial charge in [0.25, 0.3) is 0 Å². The molecule has 0 aromatic rings. The normalized spacial score (nSPS) is 36.4. The van der Waals surface area contributed by atoms with E-state index in [0.717, 1.165) is 36.0 Å². The predicted octanol–water partition coefficient (Wildman–Crippen LogP) is 5.31. The Balaban J connectivity index is 0.000000202. The van der Waals surface area contributed by atoms with Gasteiger partial charge in [0.1, 0.15) is 5.60 Å². The van der Waals surface area contributed by atoms with Crippen LogP contribution in [0.1, 0.15) is 73.6 Å². The molecule has 5 nitrogen and oxygen atoms in total. The molecule has 0 saturated heterocycles. The van der Waals surface area contributed by atoms with E-state index in [-0.39, 0.29) is 17.5 Å². The van der Waals surface area contributed by atoms with Crippen molar-refractivity contribution in [3.63, 3.8) is 0 Å². The lowest BCUT2D eigenvalue weighted by molar-refractivity contribution is -0.163.